The van der Waals surface area contributed by atoms with Gasteiger partial charge in [0.2, 0.25) is 5.75 Å². The second kappa shape index (κ2) is 7.33. The van der Waals surface area contributed by atoms with E-state index in [2.05, 4.69) is 29.8 Å². The van der Waals surface area contributed by atoms with Crippen LogP contribution in [0.1, 0.15) is 23.4 Å². The van der Waals surface area contributed by atoms with Gasteiger partial charge < -0.3 is 19.5 Å². The monoisotopic (exact) mass is 307 g/mol. The van der Waals surface area contributed by atoms with Crippen molar-refractivity contribution in [2.75, 3.05) is 21.3 Å². The van der Waals surface area contributed by atoms with Crippen molar-refractivity contribution in [1.82, 2.24) is 5.32 Å². The van der Waals surface area contributed by atoms with Crippen molar-refractivity contribution in [1.29, 1.82) is 0 Å². The fraction of sp³-hybridized carbons (Fsp3) is 0.375. The van der Waals surface area contributed by atoms with Gasteiger partial charge in [-0.05, 0) is 24.4 Å². The van der Waals surface area contributed by atoms with Gasteiger partial charge in [-0.1, -0.05) is 12.1 Å². The standard InChI is InChI=1S/C16H21NO3S/c1-11(14-6-5-9-21-14)17-10-12-7-8-13(18-2)16(20-4)15(12)19-3/h5-9,11,17H,10H2,1-4H3. The smallest absolute Gasteiger partial charge is 0.203 e. The van der Waals surface area contributed by atoms with Crippen molar-refractivity contribution in [3.63, 3.8) is 0 Å². The molecule has 0 fully saturated rings. The summed E-state index contributed by atoms with van der Waals surface area (Å²) in [5, 5.41) is 5.59. The molecule has 114 valence electrons. The van der Waals surface area contributed by atoms with E-state index in [4.69, 9.17) is 14.2 Å². The van der Waals surface area contributed by atoms with Gasteiger partial charge in [-0.15, -0.1) is 11.3 Å². The molecule has 0 aliphatic rings. The Morgan fingerprint density at radius 3 is 2.38 bits per heavy atom. The Kier molecular flexibility index (Phi) is 5.47. The fourth-order valence-corrected chi connectivity index (χ4v) is 2.96. The van der Waals surface area contributed by atoms with Crippen LogP contribution < -0.4 is 19.5 Å². The maximum absolute atomic E-state index is 5.49. The summed E-state index contributed by atoms with van der Waals surface area (Å²) in [5.41, 5.74) is 1.04. The third kappa shape index (κ3) is 3.49. The second-order valence-electron chi connectivity index (χ2n) is 4.61. The van der Waals surface area contributed by atoms with Crippen LogP contribution in [-0.4, -0.2) is 21.3 Å². The van der Waals surface area contributed by atoms with Gasteiger partial charge in [0.1, 0.15) is 0 Å². The minimum absolute atomic E-state index is 0.294. The Hall–Kier alpha value is -1.72. The number of hydrogen-bond acceptors (Lipinski definition) is 5. The highest BCUT2D eigenvalue weighted by molar-refractivity contribution is 7.10. The average Bonchev–Trinajstić information content (AvgIpc) is 3.05. The summed E-state index contributed by atoms with van der Waals surface area (Å²) >= 11 is 1.75. The number of thiophene rings is 1. The number of hydrogen-bond donors (Lipinski definition) is 1. The molecule has 0 saturated carbocycles. The van der Waals surface area contributed by atoms with Crippen LogP contribution in [0, 0.1) is 0 Å². The number of ether oxygens (including phenoxy) is 3. The Bertz CT molecular complexity index is 569. The fourth-order valence-electron chi connectivity index (χ4n) is 2.20. The molecule has 2 rings (SSSR count). The van der Waals surface area contributed by atoms with Gasteiger partial charge in [0.25, 0.3) is 0 Å². The third-order valence-corrected chi connectivity index (χ3v) is 4.41. The van der Waals surface area contributed by atoms with Gasteiger partial charge in [0, 0.05) is 23.0 Å². The Labute approximate surface area is 129 Å². The Morgan fingerprint density at radius 1 is 1.05 bits per heavy atom. The van der Waals surface area contributed by atoms with E-state index in [-0.39, 0.29) is 0 Å². The highest BCUT2D eigenvalue weighted by Gasteiger charge is 2.16. The molecule has 0 aliphatic heterocycles. The molecule has 21 heavy (non-hydrogen) atoms. The van der Waals surface area contributed by atoms with Crippen LogP contribution in [0.3, 0.4) is 0 Å². The minimum Gasteiger partial charge on any atom is -0.493 e. The van der Waals surface area contributed by atoms with Crippen LogP contribution >= 0.6 is 11.3 Å². The van der Waals surface area contributed by atoms with Gasteiger partial charge in [-0.2, -0.15) is 0 Å². The summed E-state index contributed by atoms with van der Waals surface area (Å²) < 4.78 is 16.2. The summed E-state index contributed by atoms with van der Waals surface area (Å²) in [5.74, 6) is 2.01. The summed E-state index contributed by atoms with van der Waals surface area (Å²) in [4.78, 5) is 1.31. The largest absolute Gasteiger partial charge is 0.493 e. The molecule has 0 spiro atoms. The highest BCUT2D eigenvalue weighted by atomic mass is 32.1. The van der Waals surface area contributed by atoms with Crippen molar-refractivity contribution in [3.05, 3.63) is 40.1 Å². The SMILES string of the molecule is COc1ccc(CNC(C)c2cccs2)c(OC)c1OC. The van der Waals surface area contributed by atoms with Gasteiger partial charge >= 0.3 is 0 Å². The van der Waals surface area contributed by atoms with Crippen molar-refractivity contribution in [2.24, 2.45) is 0 Å². The van der Waals surface area contributed by atoms with Gasteiger partial charge in [0.15, 0.2) is 11.5 Å². The maximum Gasteiger partial charge on any atom is 0.203 e. The minimum atomic E-state index is 0.294. The first-order valence-corrected chi connectivity index (χ1v) is 7.63. The molecule has 1 unspecified atom stereocenters. The molecule has 0 radical (unpaired) electrons. The molecule has 1 N–H and O–H groups in total. The van der Waals surface area contributed by atoms with E-state index >= 15 is 0 Å². The van der Waals surface area contributed by atoms with Crippen LogP contribution in [0.5, 0.6) is 17.2 Å². The zero-order chi connectivity index (χ0) is 15.2. The lowest BCUT2D eigenvalue weighted by molar-refractivity contribution is 0.321. The lowest BCUT2D eigenvalue weighted by Crippen LogP contribution is -2.17. The van der Waals surface area contributed by atoms with E-state index in [1.807, 2.05) is 12.1 Å². The van der Waals surface area contributed by atoms with Crippen molar-refractivity contribution < 1.29 is 14.2 Å². The molecule has 1 atom stereocenters. The molecule has 0 bridgehead atoms. The molecule has 4 nitrogen and oxygen atoms in total. The van der Waals surface area contributed by atoms with E-state index < -0.39 is 0 Å². The number of nitrogens with one attached hydrogen (secondary N) is 1. The third-order valence-electron chi connectivity index (χ3n) is 3.35. The van der Waals surface area contributed by atoms with E-state index in [9.17, 15) is 0 Å². The predicted octanol–water partition coefficient (Wildman–Crippen LogP) is 3.62. The molecular weight excluding hydrogens is 286 g/mol. The maximum atomic E-state index is 5.49. The van der Waals surface area contributed by atoms with Gasteiger partial charge in [0.05, 0.1) is 21.3 Å². The van der Waals surface area contributed by atoms with Crippen LogP contribution in [0.2, 0.25) is 0 Å². The molecule has 1 heterocycles. The molecular formula is C16H21NO3S. The molecule has 5 heteroatoms. The first-order valence-electron chi connectivity index (χ1n) is 6.75. The van der Waals surface area contributed by atoms with Crippen LogP contribution in [-0.2, 0) is 6.54 Å². The molecule has 2 aromatic rings. The van der Waals surface area contributed by atoms with Crippen LogP contribution in [0.25, 0.3) is 0 Å². The number of methoxy groups -OCH3 is 3. The molecule has 1 aromatic carbocycles. The van der Waals surface area contributed by atoms with Gasteiger partial charge in [-0.3, -0.25) is 0 Å². The van der Waals surface area contributed by atoms with Crippen molar-refractivity contribution >= 4 is 11.3 Å². The lowest BCUT2D eigenvalue weighted by Gasteiger charge is -2.18. The number of benzene rings is 1. The van der Waals surface area contributed by atoms with Crippen molar-refractivity contribution in [3.8, 4) is 17.2 Å². The zero-order valence-electron chi connectivity index (χ0n) is 12.8. The summed E-state index contributed by atoms with van der Waals surface area (Å²) in [6, 6.07) is 8.38. The molecule has 0 saturated heterocycles. The van der Waals surface area contributed by atoms with E-state index in [1.54, 1.807) is 32.7 Å². The van der Waals surface area contributed by atoms with E-state index in [0.29, 0.717) is 29.8 Å². The Morgan fingerprint density at radius 2 is 1.81 bits per heavy atom. The number of rotatable bonds is 7. The van der Waals surface area contributed by atoms with Crippen molar-refractivity contribution in [2.45, 2.75) is 19.5 Å². The second-order valence-corrected chi connectivity index (χ2v) is 5.59. The highest BCUT2D eigenvalue weighted by Crippen LogP contribution is 2.39. The zero-order valence-corrected chi connectivity index (χ0v) is 13.6. The first-order chi connectivity index (χ1) is 10.2. The quantitative estimate of drug-likeness (QED) is 0.848. The Balaban J connectivity index is 2.16. The molecule has 0 amide bonds. The topological polar surface area (TPSA) is 39.7 Å². The predicted molar refractivity (Wildman–Crippen MR) is 85.7 cm³/mol. The van der Waals surface area contributed by atoms with E-state index in [0.717, 1.165) is 5.56 Å². The van der Waals surface area contributed by atoms with E-state index in [1.165, 1.54) is 4.88 Å². The first kappa shape index (κ1) is 15.7. The normalized spacial score (nSPS) is 12.0. The van der Waals surface area contributed by atoms with Crippen LogP contribution in [0.15, 0.2) is 29.6 Å². The summed E-state index contributed by atoms with van der Waals surface area (Å²) in [7, 11) is 4.88. The molecule has 0 aliphatic carbocycles. The average molecular weight is 307 g/mol. The van der Waals surface area contributed by atoms with Crippen LogP contribution in [0.4, 0.5) is 0 Å². The van der Waals surface area contributed by atoms with Gasteiger partial charge in [-0.25, -0.2) is 0 Å². The summed E-state index contributed by atoms with van der Waals surface area (Å²) in [6.07, 6.45) is 0. The summed E-state index contributed by atoms with van der Waals surface area (Å²) in [6.45, 7) is 2.85. The molecule has 1 aromatic heterocycles. The lowest BCUT2D eigenvalue weighted by atomic mass is 10.1.